The number of hydrogen-bond acceptors (Lipinski definition) is 6. The first-order chi connectivity index (χ1) is 31.0. The van der Waals surface area contributed by atoms with Crippen molar-refractivity contribution < 1.29 is 90.0 Å². The minimum atomic E-state index is -4.42. The summed E-state index contributed by atoms with van der Waals surface area (Å²) in [6.07, 6.45) is -7.09. The van der Waals surface area contributed by atoms with Gasteiger partial charge in [0.25, 0.3) is 0 Å². The zero-order valence-corrected chi connectivity index (χ0v) is 33.8. The summed E-state index contributed by atoms with van der Waals surface area (Å²) in [6.45, 7) is 0. The summed E-state index contributed by atoms with van der Waals surface area (Å²) < 4.78 is 205. The monoisotopic (exact) mass is 944 g/mol. The number of aryl methyl sites for hydroxylation is 4. The highest BCUT2D eigenvalue weighted by molar-refractivity contribution is 5.92. The molecule has 66 heavy (non-hydrogen) atoms. The van der Waals surface area contributed by atoms with Crippen LogP contribution >= 0.6 is 0 Å². The van der Waals surface area contributed by atoms with Gasteiger partial charge >= 0.3 is 24.3 Å². The highest BCUT2D eigenvalue weighted by Crippen LogP contribution is 2.34. The summed E-state index contributed by atoms with van der Waals surface area (Å²) >= 11 is 0. The molecule has 0 atom stereocenters. The van der Waals surface area contributed by atoms with E-state index in [9.17, 15) is 71.1 Å². The Morgan fingerprint density at radius 2 is 0.606 bits per heavy atom. The van der Waals surface area contributed by atoms with E-state index in [1.807, 2.05) is 0 Å². The highest BCUT2D eigenvalue weighted by Gasteiger charge is 2.34. The van der Waals surface area contributed by atoms with E-state index in [0.29, 0.717) is 36.8 Å². The van der Waals surface area contributed by atoms with E-state index in [1.165, 1.54) is 72.8 Å². The van der Waals surface area contributed by atoms with Crippen molar-refractivity contribution in [1.29, 1.82) is 0 Å². The largest absolute Gasteiger partial charge is 0.491 e. The number of carbonyl (C=O) groups is 2. The van der Waals surface area contributed by atoms with Gasteiger partial charge in [-0.15, -0.1) is 0 Å². The van der Waals surface area contributed by atoms with Gasteiger partial charge < -0.3 is 18.9 Å². The van der Waals surface area contributed by atoms with Gasteiger partial charge in [0, 0.05) is 0 Å². The molecule has 348 valence electrons. The molecule has 0 aliphatic carbocycles. The molecule has 20 heteroatoms. The molecule has 0 aromatic heterocycles. The van der Waals surface area contributed by atoms with Crippen LogP contribution in [0.5, 0.6) is 23.0 Å². The predicted molar refractivity (Wildman–Crippen MR) is 206 cm³/mol. The Balaban J connectivity index is 0.000000247. The lowest BCUT2D eigenvalue weighted by Gasteiger charge is -2.11. The van der Waals surface area contributed by atoms with E-state index >= 15 is 0 Å². The fraction of sp³-hybridized carbons (Fsp3) is 0.174. The number of halogens is 14. The van der Waals surface area contributed by atoms with Crippen LogP contribution in [0, 0.1) is 46.5 Å². The van der Waals surface area contributed by atoms with Crippen LogP contribution in [0.15, 0.2) is 97.1 Å². The Morgan fingerprint density at radius 3 is 0.818 bits per heavy atom. The lowest BCUT2D eigenvalue weighted by molar-refractivity contribution is -0.138. The Labute approximate surface area is 364 Å². The quantitative estimate of drug-likeness (QED) is 0.0527. The normalized spacial score (nSPS) is 11.4. The number of esters is 2. The zero-order valence-electron chi connectivity index (χ0n) is 33.8. The maximum absolute atomic E-state index is 14.0. The van der Waals surface area contributed by atoms with E-state index in [4.69, 9.17) is 9.47 Å². The van der Waals surface area contributed by atoms with Gasteiger partial charge in [0.2, 0.25) is 23.3 Å². The molecule has 6 aromatic rings. The summed E-state index contributed by atoms with van der Waals surface area (Å²) in [5.74, 6) is -21.5. The van der Waals surface area contributed by atoms with Crippen molar-refractivity contribution in [3.8, 4) is 23.0 Å². The number of ether oxygens (including phenoxy) is 4. The van der Waals surface area contributed by atoms with Crippen LogP contribution in [0.25, 0.3) is 0 Å². The molecule has 0 bridgehead atoms. The van der Waals surface area contributed by atoms with E-state index < -0.39 is 105 Å². The van der Waals surface area contributed by atoms with Crippen molar-refractivity contribution in [3.05, 3.63) is 188 Å². The van der Waals surface area contributed by atoms with E-state index in [0.717, 1.165) is 49.6 Å². The molecule has 0 N–H and O–H groups in total. The lowest BCUT2D eigenvalue weighted by atomic mass is 10.0. The van der Waals surface area contributed by atoms with Crippen LogP contribution in [0.3, 0.4) is 0 Å². The molecule has 0 aliphatic rings. The molecular weight excluding hydrogens is 914 g/mol. The fourth-order valence-corrected chi connectivity index (χ4v) is 6.00. The molecular formula is C46H30F14O6. The predicted octanol–water partition coefficient (Wildman–Crippen LogP) is 12.5. The maximum atomic E-state index is 14.0. The number of benzene rings is 6. The average molecular weight is 945 g/mol. The summed E-state index contributed by atoms with van der Waals surface area (Å²) in [4.78, 5) is 24.2. The SMILES string of the molecule is COc1c(F)c(F)c(C(=O)Oc2ccc(CCc3ccc(C(F)(F)F)cc3)cc2)c(F)c1F.COc1c(F)c(F)c(C(=O)Oc2ccc(CCc3ccc(C(F)(F)F)cc3)cc2)c(F)c1F. The van der Waals surface area contributed by atoms with Crippen LogP contribution in [0.4, 0.5) is 61.5 Å². The molecule has 6 nitrogen and oxygen atoms in total. The average Bonchev–Trinajstić information content (AvgIpc) is 3.28. The maximum Gasteiger partial charge on any atom is 0.416 e. The molecule has 6 rings (SSSR count). The Hall–Kier alpha value is -7.12. The van der Waals surface area contributed by atoms with Gasteiger partial charge in [-0.25, -0.2) is 27.2 Å². The number of hydrogen-bond donors (Lipinski definition) is 0. The van der Waals surface area contributed by atoms with Gasteiger partial charge in [0.1, 0.15) is 22.6 Å². The Bertz CT molecular complexity index is 2440. The van der Waals surface area contributed by atoms with Crippen LogP contribution in [0.2, 0.25) is 0 Å². The van der Waals surface area contributed by atoms with Crippen molar-refractivity contribution >= 4 is 11.9 Å². The number of carbonyl (C=O) groups excluding carboxylic acids is 2. The van der Waals surface area contributed by atoms with E-state index in [2.05, 4.69) is 9.47 Å². The molecule has 6 aromatic carbocycles. The second kappa shape index (κ2) is 20.8. The highest BCUT2D eigenvalue weighted by atomic mass is 19.4. The van der Waals surface area contributed by atoms with Crippen molar-refractivity contribution in [2.75, 3.05) is 14.2 Å². The molecule has 0 aliphatic heterocycles. The third kappa shape index (κ3) is 11.8. The summed E-state index contributed by atoms with van der Waals surface area (Å²) in [5.41, 5.74) is -1.78. The summed E-state index contributed by atoms with van der Waals surface area (Å²) in [6, 6.07) is 20.7. The first-order valence-corrected chi connectivity index (χ1v) is 18.8. The van der Waals surface area contributed by atoms with Crippen molar-refractivity contribution in [2.24, 2.45) is 0 Å². The van der Waals surface area contributed by atoms with Gasteiger partial charge in [0.05, 0.1) is 25.3 Å². The first kappa shape index (κ1) is 49.9. The number of methoxy groups -OCH3 is 2. The van der Waals surface area contributed by atoms with Gasteiger partial charge in [0.15, 0.2) is 34.8 Å². The third-order valence-corrected chi connectivity index (χ3v) is 9.50. The summed E-state index contributed by atoms with van der Waals surface area (Å²) in [5, 5.41) is 0. The Kier molecular flexibility index (Phi) is 15.7. The van der Waals surface area contributed by atoms with Crippen molar-refractivity contribution in [2.45, 2.75) is 38.0 Å². The molecule has 0 radical (unpaired) electrons. The molecule has 0 fully saturated rings. The Morgan fingerprint density at radius 1 is 0.379 bits per heavy atom. The fourth-order valence-electron chi connectivity index (χ4n) is 6.00. The third-order valence-electron chi connectivity index (χ3n) is 9.50. The lowest BCUT2D eigenvalue weighted by Crippen LogP contribution is -2.16. The number of rotatable bonds is 12. The molecule has 0 amide bonds. The number of alkyl halides is 6. The molecule has 0 heterocycles. The molecule has 0 saturated heterocycles. The van der Waals surface area contributed by atoms with Crippen LogP contribution < -0.4 is 18.9 Å². The smallest absolute Gasteiger partial charge is 0.416 e. The summed E-state index contributed by atoms with van der Waals surface area (Å²) in [7, 11) is 1.61. The minimum Gasteiger partial charge on any atom is -0.491 e. The second-order valence-electron chi connectivity index (χ2n) is 13.8. The molecule has 0 spiro atoms. The van der Waals surface area contributed by atoms with Crippen LogP contribution in [-0.4, -0.2) is 26.2 Å². The molecule has 0 unspecified atom stereocenters. The second-order valence-corrected chi connectivity index (χ2v) is 13.8. The van der Waals surface area contributed by atoms with E-state index in [-0.39, 0.29) is 11.5 Å². The van der Waals surface area contributed by atoms with Crippen LogP contribution in [-0.2, 0) is 38.0 Å². The standard InChI is InChI=1S/2C23H15F7O3/c2*1-32-21-19(26)17(24)16(18(25)20(21)27)22(31)33-15-10-6-13(7-11-15)3-2-12-4-8-14(9-5-12)23(28,29)30/h2*4-11H,2-3H2,1H3. The first-order valence-electron chi connectivity index (χ1n) is 18.8. The van der Waals surface area contributed by atoms with E-state index in [1.54, 1.807) is 0 Å². The van der Waals surface area contributed by atoms with Crippen LogP contribution in [0.1, 0.15) is 54.1 Å². The van der Waals surface area contributed by atoms with Gasteiger partial charge in [-0.1, -0.05) is 48.5 Å². The zero-order chi connectivity index (χ0) is 48.7. The topological polar surface area (TPSA) is 71.1 Å². The van der Waals surface area contributed by atoms with Crippen molar-refractivity contribution in [3.63, 3.8) is 0 Å². The van der Waals surface area contributed by atoms with Gasteiger partial charge in [-0.2, -0.15) is 43.9 Å². The van der Waals surface area contributed by atoms with Gasteiger partial charge in [-0.05, 0) is 96.5 Å². The van der Waals surface area contributed by atoms with Gasteiger partial charge in [-0.3, -0.25) is 0 Å². The van der Waals surface area contributed by atoms with Crippen molar-refractivity contribution in [1.82, 2.24) is 0 Å². The molecule has 0 saturated carbocycles. The minimum absolute atomic E-state index is 0.145.